The molecule has 2 bridgehead atoms. The molecule has 4 aliphatic carbocycles. The fraction of sp³-hybridized carbons (Fsp3) is 0.581. The molecule has 0 aliphatic heterocycles. The lowest BCUT2D eigenvalue weighted by Crippen LogP contribution is -2.75. The Morgan fingerprint density at radius 3 is 2.31 bits per heavy atom. The number of carbonyl (C=O) groups is 3. The maximum Gasteiger partial charge on any atom is 0.338 e. The highest BCUT2D eigenvalue weighted by molar-refractivity contribution is 5.96. The van der Waals surface area contributed by atoms with Crippen LogP contribution >= 0.6 is 0 Å². The molecule has 1 aromatic carbocycles. The van der Waals surface area contributed by atoms with E-state index >= 15 is 0 Å². The predicted octanol–water partition coefficient (Wildman–Crippen LogP) is 3.55. The standard InChI is InChI=1S/C31H38O8/c1-17-21(33)16-31(36)26(39-27(35)19-10-8-7-9-11-19)24-29(5,14-12-20-13-15-30(20,24)37-6)25(34)23(38-18(2)32)22(17)28(31,3)4/h7-12,14,20-21,23-24,26,33,36H,13,15-16H2,1-6H3/t20-,21-,23+,24?,26?,29?,30-,31+/m0/s1. The fourth-order valence-corrected chi connectivity index (χ4v) is 7.86. The van der Waals surface area contributed by atoms with Gasteiger partial charge >= 0.3 is 11.9 Å². The number of aliphatic hydroxyl groups excluding tert-OH is 1. The molecule has 0 aromatic heterocycles. The molecule has 2 N–H and O–H groups in total. The van der Waals surface area contributed by atoms with Gasteiger partial charge in [-0.3, -0.25) is 9.59 Å². The van der Waals surface area contributed by atoms with Gasteiger partial charge in [0.1, 0.15) is 11.7 Å². The maximum atomic E-state index is 14.6. The van der Waals surface area contributed by atoms with E-state index in [9.17, 15) is 24.6 Å². The van der Waals surface area contributed by atoms with Gasteiger partial charge in [-0.25, -0.2) is 4.79 Å². The number of ketones is 1. The molecule has 0 heterocycles. The van der Waals surface area contributed by atoms with Crippen molar-refractivity contribution < 1.29 is 38.8 Å². The number of methoxy groups -OCH3 is 1. The number of Topliss-reactive ketones (excluding diaryl/α,β-unsaturated/α-hetero) is 1. The van der Waals surface area contributed by atoms with E-state index in [-0.39, 0.29) is 12.3 Å². The van der Waals surface area contributed by atoms with Crippen LogP contribution in [-0.4, -0.2) is 64.6 Å². The summed E-state index contributed by atoms with van der Waals surface area (Å²) in [6.07, 6.45) is 1.31. The summed E-state index contributed by atoms with van der Waals surface area (Å²) >= 11 is 0. The average Bonchev–Trinajstić information content (AvgIpc) is 2.87. The highest BCUT2D eigenvalue weighted by atomic mass is 16.6. The van der Waals surface area contributed by atoms with Gasteiger partial charge in [0.25, 0.3) is 0 Å². The SMILES string of the molecule is CO[C@@]12CC[C@@H]1C=CC1(C)C(=O)[C@H](OC(C)=O)C3=C(C)[C@@H](O)C[C@@](O)(C(OC(=O)c4ccccc4)C12)C3(C)C. The Labute approximate surface area is 229 Å². The molecule has 8 atom stereocenters. The van der Waals surface area contributed by atoms with Crippen LogP contribution < -0.4 is 0 Å². The summed E-state index contributed by atoms with van der Waals surface area (Å²) < 4.78 is 18.2. The van der Waals surface area contributed by atoms with Crippen LogP contribution in [0.2, 0.25) is 0 Å². The van der Waals surface area contributed by atoms with Crippen molar-refractivity contribution in [3.8, 4) is 0 Å². The second-order valence-corrected chi connectivity index (χ2v) is 12.3. The zero-order valence-electron chi connectivity index (χ0n) is 23.4. The minimum atomic E-state index is -1.84. The number of allylic oxidation sites excluding steroid dienone is 1. The van der Waals surface area contributed by atoms with Crippen LogP contribution in [0.1, 0.15) is 64.2 Å². The zero-order chi connectivity index (χ0) is 28.5. The molecule has 4 aliphatic rings. The number of hydrogen-bond donors (Lipinski definition) is 2. The Morgan fingerprint density at radius 1 is 1.08 bits per heavy atom. The third-order valence-electron chi connectivity index (χ3n) is 10.2. The number of esters is 2. The van der Waals surface area contributed by atoms with Crippen LogP contribution in [0.25, 0.3) is 0 Å². The molecule has 8 nitrogen and oxygen atoms in total. The Kier molecular flexibility index (Phi) is 6.48. The van der Waals surface area contributed by atoms with Gasteiger partial charge in [0.05, 0.1) is 22.7 Å². The number of rotatable bonds is 4. The molecular formula is C31H38O8. The Hall–Kier alpha value is -2.81. The first kappa shape index (κ1) is 27.7. The molecule has 0 saturated heterocycles. The topological polar surface area (TPSA) is 119 Å². The van der Waals surface area contributed by atoms with Gasteiger partial charge in [-0.05, 0) is 50.0 Å². The van der Waals surface area contributed by atoms with E-state index < -0.39 is 64.0 Å². The van der Waals surface area contributed by atoms with Gasteiger partial charge in [0, 0.05) is 37.7 Å². The second-order valence-electron chi connectivity index (χ2n) is 12.3. The van der Waals surface area contributed by atoms with Crippen LogP contribution in [0, 0.1) is 22.7 Å². The highest BCUT2D eigenvalue weighted by Crippen LogP contribution is 2.65. The molecule has 0 spiro atoms. The maximum absolute atomic E-state index is 14.6. The van der Waals surface area contributed by atoms with Gasteiger partial charge in [0.2, 0.25) is 0 Å². The molecule has 5 rings (SSSR count). The number of aliphatic hydroxyl groups is 2. The fourth-order valence-electron chi connectivity index (χ4n) is 7.86. The molecule has 8 heteroatoms. The van der Waals surface area contributed by atoms with Crippen molar-refractivity contribution >= 4 is 17.7 Å². The van der Waals surface area contributed by atoms with Gasteiger partial charge in [-0.2, -0.15) is 0 Å². The van der Waals surface area contributed by atoms with E-state index in [1.807, 2.05) is 12.2 Å². The number of hydrogen-bond acceptors (Lipinski definition) is 8. The molecule has 3 unspecified atom stereocenters. The lowest BCUT2D eigenvalue weighted by molar-refractivity contribution is -0.260. The lowest BCUT2D eigenvalue weighted by Gasteiger charge is -2.66. The van der Waals surface area contributed by atoms with Crippen molar-refractivity contribution in [2.75, 3.05) is 7.11 Å². The largest absolute Gasteiger partial charge is 0.455 e. The van der Waals surface area contributed by atoms with Crippen LogP contribution in [-0.2, 0) is 23.8 Å². The third-order valence-corrected chi connectivity index (χ3v) is 10.2. The van der Waals surface area contributed by atoms with Gasteiger partial charge < -0.3 is 24.4 Å². The zero-order valence-corrected chi connectivity index (χ0v) is 23.4. The minimum Gasteiger partial charge on any atom is -0.455 e. The smallest absolute Gasteiger partial charge is 0.338 e. The van der Waals surface area contributed by atoms with Crippen molar-refractivity contribution in [3.63, 3.8) is 0 Å². The summed E-state index contributed by atoms with van der Waals surface area (Å²) in [5.41, 5.74) is -4.21. The molecular weight excluding hydrogens is 500 g/mol. The molecule has 210 valence electrons. The Balaban J connectivity index is 1.81. The average molecular weight is 539 g/mol. The van der Waals surface area contributed by atoms with Gasteiger partial charge in [0.15, 0.2) is 11.9 Å². The minimum absolute atomic E-state index is 0.0603. The number of benzene rings is 1. The first-order valence-electron chi connectivity index (χ1n) is 13.6. The van der Waals surface area contributed by atoms with Gasteiger partial charge in [-0.1, -0.05) is 44.2 Å². The van der Waals surface area contributed by atoms with E-state index in [2.05, 4.69) is 0 Å². The van der Waals surface area contributed by atoms with E-state index in [0.717, 1.165) is 6.42 Å². The van der Waals surface area contributed by atoms with Crippen molar-refractivity contribution in [1.82, 2.24) is 0 Å². The lowest BCUT2D eigenvalue weighted by atomic mass is 9.43. The number of carbonyl (C=O) groups excluding carboxylic acids is 3. The number of fused-ring (bicyclic) bond motifs is 5. The predicted molar refractivity (Wildman–Crippen MR) is 141 cm³/mol. The van der Waals surface area contributed by atoms with Crippen molar-refractivity contribution in [2.24, 2.45) is 22.7 Å². The first-order valence-corrected chi connectivity index (χ1v) is 13.6. The monoisotopic (exact) mass is 538 g/mol. The van der Waals surface area contributed by atoms with Crippen molar-refractivity contribution in [1.29, 1.82) is 0 Å². The van der Waals surface area contributed by atoms with Crippen LogP contribution in [0.4, 0.5) is 0 Å². The van der Waals surface area contributed by atoms with Gasteiger partial charge in [-0.15, -0.1) is 0 Å². The van der Waals surface area contributed by atoms with E-state index in [1.165, 1.54) is 6.92 Å². The Bertz CT molecular complexity index is 1260. The summed E-state index contributed by atoms with van der Waals surface area (Å²) in [4.78, 5) is 40.6. The summed E-state index contributed by atoms with van der Waals surface area (Å²) in [5, 5.41) is 24.1. The van der Waals surface area contributed by atoms with Crippen LogP contribution in [0.5, 0.6) is 0 Å². The molecule has 2 saturated carbocycles. The third kappa shape index (κ3) is 3.71. The molecule has 0 amide bonds. The van der Waals surface area contributed by atoms with E-state index in [4.69, 9.17) is 14.2 Å². The molecule has 39 heavy (non-hydrogen) atoms. The number of ether oxygens (including phenoxy) is 3. The molecule has 1 aromatic rings. The molecule has 0 radical (unpaired) electrons. The summed E-state index contributed by atoms with van der Waals surface area (Å²) in [7, 11) is 1.58. The van der Waals surface area contributed by atoms with Crippen LogP contribution in [0.3, 0.4) is 0 Å². The first-order chi connectivity index (χ1) is 18.2. The second kappa shape index (κ2) is 9.11. The normalized spacial score (nSPS) is 40.4. The molecule has 2 fully saturated rings. The Morgan fingerprint density at radius 2 is 1.74 bits per heavy atom. The highest BCUT2D eigenvalue weighted by Gasteiger charge is 2.73. The van der Waals surface area contributed by atoms with E-state index in [1.54, 1.807) is 65.1 Å². The summed E-state index contributed by atoms with van der Waals surface area (Å²) in [6, 6.07) is 8.50. The summed E-state index contributed by atoms with van der Waals surface area (Å²) in [5.74, 6) is -2.58. The summed E-state index contributed by atoms with van der Waals surface area (Å²) in [6.45, 7) is 8.18. The van der Waals surface area contributed by atoms with Crippen molar-refractivity contribution in [3.05, 3.63) is 59.2 Å². The van der Waals surface area contributed by atoms with E-state index in [0.29, 0.717) is 23.1 Å². The van der Waals surface area contributed by atoms with Crippen LogP contribution in [0.15, 0.2) is 53.6 Å². The quantitative estimate of drug-likeness (QED) is 0.441. The van der Waals surface area contributed by atoms with Crippen molar-refractivity contribution in [2.45, 2.75) is 83.4 Å².